The van der Waals surface area contributed by atoms with Gasteiger partial charge in [-0.2, -0.15) is 0 Å². The number of sulfonamides is 1. The zero-order chi connectivity index (χ0) is 22.3. The van der Waals surface area contributed by atoms with E-state index in [2.05, 4.69) is 15.4 Å². The highest BCUT2D eigenvalue weighted by Crippen LogP contribution is 2.29. The minimum absolute atomic E-state index is 0.0708. The molecule has 0 bridgehead atoms. The molecule has 3 N–H and O–H groups in total. The van der Waals surface area contributed by atoms with Crippen LogP contribution in [0.25, 0.3) is 0 Å². The summed E-state index contributed by atoms with van der Waals surface area (Å²) in [4.78, 5) is 25.0. The van der Waals surface area contributed by atoms with Crippen molar-refractivity contribution in [1.29, 1.82) is 0 Å². The Hall–Kier alpha value is -1.97. The summed E-state index contributed by atoms with van der Waals surface area (Å²) in [7, 11) is -3.51. The second kappa shape index (κ2) is 11.1. The van der Waals surface area contributed by atoms with Gasteiger partial charge in [-0.15, -0.1) is 0 Å². The largest absolute Gasteiger partial charge is 0.376 e. The average Bonchev–Trinajstić information content (AvgIpc) is 3.30. The van der Waals surface area contributed by atoms with Crippen LogP contribution in [-0.4, -0.2) is 52.1 Å². The highest BCUT2D eigenvalue weighted by atomic mass is 32.2. The van der Waals surface area contributed by atoms with Gasteiger partial charge in [0.2, 0.25) is 21.8 Å². The van der Waals surface area contributed by atoms with Gasteiger partial charge < -0.3 is 15.4 Å². The lowest BCUT2D eigenvalue weighted by Gasteiger charge is -2.28. The van der Waals surface area contributed by atoms with Gasteiger partial charge in [-0.1, -0.05) is 18.2 Å². The fourth-order valence-electron chi connectivity index (χ4n) is 4.11. The first-order chi connectivity index (χ1) is 14.8. The normalized spacial score (nSPS) is 25.0. The Labute approximate surface area is 184 Å². The number of carbonyl (C=O) groups is 2. The Morgan fingerprint density at radius 2 is 1.77 bits per heavy atom. The molecule has 1 saturated heterocycles. The third-order valence-corrected chi connectivity index (χ3v) is 7.55. The van der Waals surface area contributed by atoms with Crippen LogP contribution in [0.1, 0.15) is 45.4 Å². The van der Waals surface area contributed by atoms with E-state index in [1.54, 1.807) is 37.3 Å². The lowest BCUT2D eigenvalue weighted by Crippen LogP contribution is -2.48. The van der Waals surface area contributed by atoms with Crippen LogP contribution in [0.4, 0.5) is 0 Å². The molecule has 2 amide bonds. The van der Waals surface area contributed by atoms with Gasteiger partial charge in [-0.3, -0.25) is 9.59 Å². The van der Waals surface area contributed by atoms with E-state index in [4.69, 9.17) is 4.74 Å². The summed E-state index contributed by atoms with van der Waals surface area (Å²) in [6, 6.07) is 7.72. The second-order valence-electron chi connectivity index (χ2n) is 8.49. The van der Waals surface area contributed by atoms with E-state index in [-0.39, 0.29) is 34.6 Å². The monoisotopic (exact) mass is 451 g/mol. The zero-order valence-electron chi connectivity index (χ0n) is 18.0. The predicted molar refractivity (Wildman–Crippen MR) is 117 cm³/mol. The van der Waals surface area contributed by atoms with Crippen LogP contribution in [0.15, 0.2) is 35.2 Å². The van der Waals surface area contributed by atoms with Crippen LogP contribution in [0.5, 0.6) is 0 Å². The first-order valence-corrected chi connectivity index (χ1v) is 12.6. The van der Waals surface area contributed by atoms with Crippen LogP contribution >= 0.6 is 0 Å². The smallest absolute Gasteiger partial charge is 0.242 e. The molecule has 9 heteroatoms. The number of benzene rings is 1. The van der Waals surface area contributed by atoms with Crippen LogP contribution in [0.3, 0.4) is 0 Å². The van der Waals surface area contributed by atoms with E-state index >= 15 is 0 Å². The molecular weight excluding hydrogens is 418 g/mol. The second-order valence-corrected chi connectivity index (χ2v) is 10.3. The fraction of sp³-hybridized carbons (Fsp3) is 0.636. The van der Waals surface area contributed by atoms with E-state index in [9.17, 15) is 18.0 Å². The predicted octanol–water partition coefficient (Wildman–Crippen LogP) is 1.57. The first kappa shape index (κ1) is 23.7. The van der Waals surface area contributed by atoms with Crippen molar-refractivity contribution in [2.24, 2.45) is 11.8 Å². The lowest BCUT2D eigenvalue weighted by atomic mass is 9.81. The Bertz CT molecular complexity index is 832. The maximum absolute atomic E-state index is 12.6. The van der Waals surface area contributed by atoms with E-state index in [0.717, 1.165) is 32.3 Å². The molecule has 1 aliphatic carbocycles. The maximum atomic E-state index is 12.6. The minimum atomic E-state index is -3.51. The summed E-state index contributed by atoms with van der Waals surface area (Å²) in [6.45, 7) is 3.27. The molecule has 8 nitrogen and oxygen atoms in total. The standard InChI is InChI=1S/C22H33N3O5S/c1-16(21(26)23-15-19-6-5-13-30-19)25-22(27)18-11-9-17(10-12-18)14-24-31(28,29)20-7-3-2-4-8-20/h2-4,7-8,16-19,24H,5-6,9-15H2,1H3,(H,23,26)(H,25,27). The number of nitrogens with one attached hydrogen (secondary N) is 3. The fourth-order valence-corrected chi connectivity index (χ4v) is 5.25. The van der Waals surface area contributed by atoms with Crippen LogP contribution in [-0.2, 0) is 24.3 Å². The summed E-state index contributed by atoms with van der Waals surface area (Å²) < 4.78 is 32.9. The van der Waals surface area contributed by atoms with Gasteiger partial charge in [0.25, 0.3) is 0 Å². The Kier molecular flexibility index (Phi) is 8.45. The van der Waals surface area contributed by atoms with Gasteiger partial charge in [0, 0.05) is 25.6 Å². The van der Waals surface area contributed by atoms with Gasteiger partial charge in [0.1, 0.15) is 6.04 Å². The van der Waals surface area contributed by atoms with E-state index in [1.165, 1.54) is 0 Å². The van der Waals surface area contributed by atoms with Crippen LogP contribution in [0.2, 0.25) is 0 Å². The third-order valence-electron chi connectivity index (χ3n) is 6.11. The van der Waals surface area contributed by atoms with Crippen molar-refractivity contribution in [2.75, 3.05) is 19.7 Å². The molecule has 0 radical (unpaired) electrons. The first-order valence-electron chi connectivity index (χ1n) is 11.1. The molecule has 2 aliphatic rings. The van der Waals surface area contributed by atoms with Crippen molar-refractivity contribution in [3.63, 3.8) is 0 Å². The highest BCUT2D eigenvalue weighted by molar-refractivity contribution is 7.89. The van der Waals surface area contributed by atoms with Gasteiger partial charge in [-0.05, 0) is 63.5 Å². The molecule has 0 aromatic heterocycles. The SMILES string of the molecule is CC(NC(=O)C1CCC(CNS(=O)(=O)c2ccccc2)CC1)C(=O)NCC1CCCO1. The molecule has 1 saturated carbocycles. The van der Waals surface area contributed by atoms with E-state index in [0.29, 0.717) is 25.9 Å². The molecule has 1 aromatic carbocycles. The number of amides is 2. The molecule has 1 heterocycles. The summed E-state index contributed by atoms with van der Waals surface area (Å²) in [5, 5.41) is 5.65. The number of carbonyl (C=O) groups excluding carboxylic acids is 2. The maximum Gasteiger partial charge on any atom is 0.242 e. The zero-order valence-corrected chi connectivity index (χ0v) is 18.8. The third kappa shape index (κ3) is 7.02. The highest BCUT2D eigenvalue weighted by Gasteiger charge is 2.29. The molecule has 2 atom stereocenters. The topological polar surface area (TPSA) is 114 Å². The Balaban J connectivity index is 1.36. The number of rotatable bonds is 9. The molecule has 1 aliphatic heterocycles. The number of hydrogen-bond donors (Lipinski definition) is 3. The number of hydrogen-bond acceptors (Lipinski definition) is 5. The van der Waals surface area contributed by atoms with Gasteiger partial charge >= 0.3 is 0 Å². The van der Waals surface area contributed by atoms with Gasteiger partial charge in [0.15, 0.2) is 0 Å². The van der Waals surface area contributed by atoms with Crippen molar-refractivity contribution in [2.45, 2.75) is 62.5 Å². The Morgan fingerprint density at radius 1 is 1.06 bits per heavy atom. The molecule has 0 spiro atoms. The molecule has 1 aromatic rings. The van der Waals surface area contributed by atoms with Crippen molar-refractivity contribution in [3.05, 3.63) is 30.3 Å². The van der Waals surface area contributed by atoms with Gasteiger partial charge in [0.05, 0.1) is 11.0 Å². The van der Waals surface area contributed by atoms with Crippen LogP contribution < -0.4 is 15.4 Å². The number of ether oxygens (including phenoxy) is 1. The lowest BCUT2D eigenvalue weighted by molar-refractivity contribution is -0.131. The molecule has 172 valence electrons. The van der Waals surface area contributed by atoms with Crippen LogP contribution in [0, 0.1) is 11.8 Å². The van der Waals surface area contributed by atoms with Crippen molar-refractivity contribution >= 4 is 21.8 Å². The minimum Gasteiger partial charge on any atom is -0.376 e. The summed E-state index contributed by atoms with van der Waals surface area (Å²) in [5.74, 6) is -0.249. The average molecular weight is 452 g/mol. The molecule has 31 heavy (non-hydrogen) atoms. The molecule has 3 rings (SSSR count). The van der Waals surface area contributed by atoms with Crippen molar-refractivity contribution < 1.29 is 22.7 Å². The van der Waals surface area contributed by atoms with Crippen molar-refractivity contribution in [1.82, 2.24) is 15.4 Å². The molecular formula is C22H33N3O5S. The van der Waals surface area contributed by atoms with E-state index < -0.39 is 16.1 Å². The molecule has 2 unspecified atom stereocenters. The van der Waals surface area contributed by atoms with E-state index in [1.807, 2.05) is 0 Å². The summed E-state index contributed by atoms with van der Waals surface area (Å²) in [5.41, 5.74) is 0. The van der Waals surface area contributed by atoms with Crippen molar-refractivity contribution in [3.8, 4) is 0 Å². The summed E-state index contributed by atoms with van der Waals surface area (Å²) in [6.07, 6.45) is 4.96. The summed E-state index contributed by atoms with van der Waals surface area (Å²) >= 11 is 0. The van der Waals surface area contributed by atoms with Gasteiger partial charge in [-0.25, -0.2) is 13.1 Å². The quantitative estimate of drug-likeness (QED) is 0.527. The molecule has 2 fully saturated rings. The Morgan fingerprint density at radius 3 is 2.42 bits per heavy atom.